The van der Waals surface area contributed by atoms with Gasteiger partial charge in [-0.25, -0.2) is 4.98 Å². The van der Waals surface area contributed by atoms with Crippen LogP contribution < -0.4 is 5.73 Å². The van der Waals surface area contributed by atoms with Gasteiger partial charge < -0.3 is 10.6 Å². The van der Waals surface area contributed by atoms with E-state index < -0.39 is 0 Å². The Bertz CT molecular complexity index is 338. The molecule has 0 bridgehead atoms. The molecular weight excluding hydrogens is 210 g/mol. The molecule has 2 heterocycles. The molecular formula is C10H15N3OS. The number of piperidine rings is 1. The Morgan fingerprint density at radius 3 is 3.20 bits per heavy atom. The monoisotopic (exact) mass is 225 g/mol. The van der Waals surface area contributed by atoms with Gasteiger partial charge in [0, 0.05) is 18.1 Å². The van der Waals surface area contributed by atoms with Crippen molar-refractivity contribution in [3.8, 4) is 0 Å². The van der Waals surface area contributed by atoms with Crippen molar-refractivity contribution in [1.29, 1.82) is 0 Å². The predicted molar refractivity (Wildman–Crippen MR) is 59.5 cm³/mol. The maximum Gasteiger partial charge on any atom is 0.240 e. The lowest BCUT2D eigenvalue weighted by Gasteiger charge is -2.34. The molecule has 0 aromatic carbocycles. The Hall–Kier alpha value is -0.940. The minimum absolute atomic E-state index is 0.0591. The number of thiazole rings is 1. The number of nitrogens with zero attached hydrogens (tertiary/aromatic N) is 2. The largest absolute Gasteiger partial charge is 0.332 e. The minimum atomic E-state index is -0.318. The van der Waals surface area contributed by atoms with Crippen LogP contribution in [0.25, 0.3) is 0 Å². The van der Waals surface area contributed by atoms with Crippen molar-refractivity contribution in [2.45, 2.75) is 31.8 Å². The standard InChI is InChI=1S/C10H15N3OS/c1-7(9-12-4-6-15-9)13-5-2-3-8(11)10(13)14/h4,6-8H,2-3,5,11H2,1H3. The molecule has 2 unspecified atom stereocenters. The molecule has 1 amide bonds. The van der Waals surface area contributed by atoms with Gasteiger partial charge >= 0.3 is 0 Å². The highest BCUT2D eigenvalue weighted by molar-refractivity contribution is 7.09. The van der Waals surface area contributed by atoms with E-state index in [1.54, 1.807) is 17.5 Å². The zero-order valence-corrected chi connectivity index (χ0v) is 9.54. The number of amides is 1. The van der Waals surface area contributed by atoms with Gasteiger partial charge in [0.2, 0.25) is 5.91 Å². The lowest BCUT2D eigenvalue weighted by molar-refractivity contribution is -0.137. The van der Waals surface area contributed by atoms with Crippen molar-refractivity contribution >= 4 is 17.2 Å². The van der Waals surface area contributed by atoms with E-state index in [9.17, 15) is 4.79 Å². The van der Waals surface area contributed by atoms with Crippen molar-refractivity contribution < 1.29 is 4.79 Å². The van der Waals surface area contributed by atoms with Crippen LogP contribution in [-0.2, 0) is 4.79 Å². The molecule has 82 valence electrons. The molecule has 2 rings (SSSR count). The van der Waals surface area contributed by atoms with E-state index in [2.05, 4.69) is 4.98 Å². The fourth-order valence-electron chi connectivity index (χ4n) is 1.89. The summed E-state index contributed by atoms with van der Waals surface area (Å²) < 4.78 is 0. The third kappa shape index (κ3) is 2.03. The van der Waals surface area contributed by atoms with E-state index in [1.165, 1.54) is 0 Å². The summed E-state index contributed by atoms with van der Waals surface area (Å²) in [6, 6.07) is -0.259. The molecule has 4 nitrogen and oxygen atoms in total. The van der Waals surface area contributed by atoms with Gasteiger partial charge in [-0.1, -0.05) is 0 Å². The second-order valence-electron chi connectivity index (χ2n) is 3.83. The molecule has 5 heteroatoms. The zero-order chi connectivity index (χ0) is 10.8. The van der Waals surface area contributed by atoms with Crippen molar-refractivity contribution in [2.75, 3.05) is 6.54 Å². The van der Waals surface area contributed by atoms with Crippen molar-refractivity contribution in [3.63, 3.8) is 0 Å². The summed E-state index contributed by atoms with van der Waals surface area (Å²) in [6.07, 6.45) is 3.56. The van der Waals surface area contributed by atoms with E-state index >= 15 is 0 Å². The number of hydrogen-bond acceptors (Lipinski definition) is 4. The molecule has 1 aromatic rings. The van der Waals surface area contributed by atoms with Crippen LogP contribution >= 0.6 is 11.3 Å². The quantitative estimate of drug-likeness (QED) is 0.821. The molecule has 0 saturated carbocycles. The van der Waals surface area contributed by atoms with Gasteiger partial charge in [0.05, 0.1) is 12.1 Å². The first-order chi connectivity index (χ1) is 7.20. The van der Waals surface area contributed by atoms with Crippen LogP contribution in [0.1, 0.15) is 30.8 Å². The second kappa shape index (κ2) is 4.28. The molecule has 1 fully saturated rings. The zero-order valence-electron chi connectivity index (χ0n) is 8.72. The van der Waals surface area contributed by atoms with Crippen LogP contribution in [-0.4, -0.2) is 28.4 Å². The van der Waals surface area contributed by atoms with Gasteiger partial charge in [-0.3, -0.25) is 4.79 Å². The number of nitrogens with two attached hydrogens (primary N) is 1. The molecule has 0 radical (unpaired) electrons. The molecule has 1 saturated heterocycles. The lowest BCUT2D eigenvalue weighted by Crippen LogP contribution is -2.49. The second-order valence-corrected chi connectivity index (χ2v) is 4.75. The van der Waals surface area contributed by atoms with Gasteiger partial charge in [0.15, 0.2) is 0 Å². The summed E-state index contributed by atoms with van der Waals surface area (Å²) in [5, 5.41) is 2.91. The fraction of sp³-hybridized carbons (Fsp3) is 0.600. The summed E-state index contributed by atoms with van der Waals surface area (Å²) in [6.45, 7) is 2.81. The molecule has 2 atom stereocenters. The summed E-state index contributed by atoms with van der Waals surface area (Å²) in [7, 11) is 0. The van der Waals surface area contributed by atoms with E-state index in [0.717, 1.165) is 24.4 Å². The van der Waals surface area contributed by atoms with Crippen molar-refractivity contribution in [3.05, 3.63) is 16.6 Å². The Balaban J connectivity index is 2.13. The van der Waals surface area contributed by atoms with E-state index in [1.807, 2.05) is 17.2 Å². The third-order valence-electron chi connectivity index (χ3n) is 2.79. The first-order valence-electron chi connectivity index (χ1n) is 5.15. The summed E-state index contributed by atoms with van der Waals surface area (Å²) in [4.78, 5) is 17.9. The van der Waals surface area contributed by atoms with Gasteiger partial charge in [-0.05, 0) is 19.8 Å². The molecule has 1 aliphatic rings. The lowest BCUT2D eigenvalue weighted by atomic mass is 10.0. The van der Waals surface area contributed by atoms with E-state index in [4.69, 9.17) is 5.73 Å². The summed E-state index contributed by atoms with van der Waals surface area (Å²) in [5.74, 6) is 0.0592. The van der Waals surface area contributed by atoms with Crippen LogP contribution in [0.15, 0.2) is 11.6 Å². The number of aromatic nitrogens is 1. The summed E-state index contributed by atoms with van der Waals surface area (Å²) in [5.41, 5.74) is 5.75. The van der Waals surface area contributed by atoms with Crippen molar-refractivity contribution in [1.82, 2.24) is 9.88 Å². The molecule has 0 spiro atoms. The molecule has 1 aromatic heterocycles. The Morgan fingerprint density at radius 1 is 1.73 bits per heavy atom. The Kier molecular flexibility index (Phi) is 3.02. The topological polar surface area (TPSA) is 59.2 Å². The maximum absolute atomic E-state index is 11.8. The van der Waals surface area contributed by atoms with Crippen molar-refractivity contribution in [2.24, 2.45) is 5.73 Å². The summed E-state index contributed by atoms with van der Waals surface area (Å²) >= 11 is 1.58. The first kappa shape index (κ1) is 10.6. The third-order valence-corrected chi connectivity index (χ3v) is 3.74. The average molecular weight is 225 g/mol. The first-order valence-corrected chi connectivity index (χ1v) is 6.03. The smallest absolute Gasteiger partial charge is 0.240 e. The number of carbonyl (C=O) groups excluding carboxylic acids is 1. The highest BCUT2D eigenvalue weighted by Crippen LogP contribution is 2.25. The molecule has 0 aliphatic carbocycles. The van der Waals surface area contributed by atoms with Gasteiger partial charge in [0.1, 0.15) is 5.01 Å². The average Bonchev–Trinajstić information content (AvgIpc) is 2.74. The van der Waals surface area contributed by atoms with Crippen LogP contribution in [0.3, 0.4) is 0 Å². The maximum atomic E-state index is 11.8. The minimum Gasteiger partial charge on any atom is -0.332 e. The highest BCUT2D eigenvalue weighted by Gasteiger charge is 2.30. The van der Waals surface area contributed by atoms with Crippen LogP contribution in [0.2, 0.25) is 0 Å². The highest BCUT2D eigenvalue weighted by atomic mass is 32.1. The molecule has 1 aliphatic heterocycles. The van der Waals surface area contributed by atoms with E-state index in [-0.39, 0.29) is 18.0 Å². The normalized spacial score (nSPS) is 24.3. The van der Waals surface area contributed by atoms with Crippen LogP contribution in [0.4, 0.5) is 0 Å². The van der Waals surface area contributed by atoms with Gasteiger partial charge in [-0.15, -0.1) is 11.3 Å². The number of likely N-dealkylation sites (tertiary alicyclic amines) is 1. The van der Waals surface area contributed by atoms with E-state index in [0.29, 0.717) is 0 Å². The number of carbonyl (C=O) groups is 1. The number of rotatable bonds is 2. The Morgan fingerprint density at radius 2 is 2.53 bits per heavy atom. The predicted octanol–water partition coefficient (Wildman–Crippen LogP) is 1.15. The van der Waals surface area contributed by atoms with Gasteiger partial charge in [0.25, 0.3) is 0 Å². The fourth-order valence-corrected chi connectivity index (χ4v) is 2.59. The van der Waals surface area contributed by atoms with Crippen LogP contribution in [0.5, 0.6) is 0 Å². The SMILES string of the molecule is CC(c1nccs1)N1CCCC(N)C1=O. The molecule has 15 heavy (non-hydrogen) atoms. The molecule has 2 N–H and O–H groups in total. The van der Waals surface area contributed by atoms with Gasteiger partial charge in [-0.2, -0.15) is 0 Å². The Labute approximate surface area is 93.1 Å². The number of hydrogen-bond donors (Lipinski definition) is 1. The van der Waals surface area contributed by atoms with Crippen LogP contribution in [0, 0.1) is 0 Å².